The van der Waals surface area contributed by atoms with Crippen LogP contribution >= 0.6 is 23.2 Å². The zero-order valence-electron chi connectivity index (χ0n) is 17.5. The lowest BCUT2D eigenvalue weighted by Crippen LogP contribution is -2.41. The van der Waals surface area contributed by atoms with Crippen LogP contribution in [0.25, 0.3) is 0 Å². The summed E-state index contributed by atoms with van der Waals surface area (Å²) in [4.78, 5) is 23.9. The quantitative estimate of drug-likeness (QED) is 0.410. The molecule has 10 heteroatoms. The van der Waals surface area contributed by atoms with Crippen LogP contribution in [0.4, 0.5) is 0 Å². The largest absolute Gasteiger partial charge is 0.492 e. The standard InChI is InChI=1S/C21H25Cl2N5O3/c1-14-17(15(2)28(27-14)11-4-10-24)7-9-21(30)26-25-20(29)5-3-12-31-19-8-6-16(22)13-18(19)23/h6,8,13H,3-5,7,9,11-12H2,1-2H3,(H,25,29)(H,26,30). The molecule has 2 rings (SSSR count). The number of ether oxygens (including phenoxy) is 1. The van der Waals surface area contributed by atoms with Crippen LogP contribution in [0.3, 0.4) is 0 Å². The number of amides is 2. The molecular weight excluding hydrogens is 441 g/mol. The van der Waals surface area contributed by atoms with Gasteiger partial charge in [-0.2, -0.15) is 10.4 Å². The van der Waals surface area contributed by atoms with Crippen LogP contribution in [-0.2, 0) is 22.6 Å². The van der Waals surface area contributed by atoms with Crippen molar-refractivity contribution in [2.45, 2.75) is 52.5 Å². The van der Waals surface area contributed by atoms with Crippen molar-refractivity contribution in [1.29, 1.82) is 5.26 Å². The van der Waals surface area contributed by atoms with Crippen molar-refractivity contribution in [2.75, 3.05) is 6.61 Å². The number of aromatic nitrogens is 2. The maximum atomic E-state index is 12.1. The lowest BCUT2D eigenvalue weighted by atomic mass is 10.1. The highest BCUT2D eigenvalue weighted by Gasteiger charge is 2.13. The van der Waals surface area contributed by atoms with E-state index in [0.29, 0.717) is 48.2 Å². The fraction of sp³-hybridized carbons (Fsp3) is 0.429. The van der Waals surface area contributed by atoms with Crippen molar-refractivity contribution >= 4 is 35.0 Å². The fourth-order valence-electron chi connectivity index (χ4n) is 2.98. The summed E-state index contributed by atoms with van der Waals surface area (Å²) in [6.07, 6.45) is 1.74. The fourth-order valence-corrected chi connectivity index (χ4v) is 3.44. The minimum absolute atomic E-state index is 0.190. The molecule has 2 amide bonds. The minimum atomic E-state index is -0.309. The Morgan fingerprint density at radius 2 is 1.90 bits per heavy atom. The van der Waals surface area contributed by atoms with Crippen molar-refractivity contribution in [3.63, 3.8) is 0 Å². The van der Waals surface area contributed by atoms with Crippen molar-refractivity contribution in [1.82, 2.24) is 20.6 Å². The van der Waals surface area contributed by atoms with E-state index in [-0.39, 0.29) is 24.7 Å². The molecule has 0 aliphatic heterocycles. The number of nitrogens with one attached hydrogen (secondary N) is 2. The third-order valence-corrected chi connectivity index (χ3v) is 5.14. The van der Waals surface area contributed by atoms with Crippen molar-refractivity contribution in [2.24, 2.45) is 0 Å². The zero-order valence-corrected chi connectivity index (χ0v) is 19.0. The number of rotatable bonds is 10. The molecule has 1 heterocycles. The number of benzene rings is 1. The summed E-state index contributed by atoms with van der Waals surface area (Å²) in [6.45, 7) is 4.63. The van der Waals surface area contributed by atoms with Gasteiger partial charge in [-0.15, -0.1) is 0 Å². The highest BCUT2D eigenvalue weighted by atomic mass is 35.5. The molecule has 8 nitrogen and oxygen atoms in total. The minimum Gasteiger partial charge on any atom is -0.492 e. The third kappa shape index (κ3) is 7.78. The number of aryl methyl sites for hydroxylation is 2. The van der Waals surface area contributed by atoms with E-state index in [0.717, 1.165) is 17.0 Å². The predicted molar refractivity (Wildman–Crippen MR) is 118 cm³/mol. The van der Waals surface area contributed by atoms with Crippen molar-refractivity contribution in [3.8, 4) is 11.8 Å². The first kappa shape index (κ1) is 24.5. The van der Waals surface area contributed by atoms with Gasteiger partial charge in [-0.3, -0.25) is 25.1 Å². The molecular formula is C21H25Cl2N5O3. The van der Waals surface area contributed by atoms with E-state index in [9.17, 15) is 9.59 Å². The highest BCUT2D eigenvalue weighted by molar-refractivity contribution is 6.35. The molecule has 0 fully saturated rings. The number of hydrogen-bond acceptors (Lipinski definition) is 5. The van der Waals surface area contributed by atoms with Gasteiger partial charge in [0.1, 0.15) is 5.75 Å². The average Bonchev–Trinajstić information content (AvgIpc) is 3.00. The summed E-state index contributed by atoms with van der Waals surface area (Å²) in [5.41, 5.74) is 7.60. The molecule has 0 radical (unpaired) electrons. The summed E-state index contributed by atoms with van der Waals surface area (Å²) in [5.74, 6) is -0.0988. The molecule has 1 aromatic carbocycles. The van der Waals surface area contributed by atoms with Crippen LogP contribution in [0.2, 0.25) is 10.0 Å². The van der Waals surface area contributed by atoms with Crippen LogP contribution in [0.1, 0.15) is 42.6 Å². The van der Waals surface area contributed by atoms with Gasteiger partial charge in [0.25, 0.3) is 0 Å². The Morgan fingerprint density at radius 1 is 1.19 bits per heavy atom. The third-order valence-electron chi connectivity index (χ3n) is 4.61. The molecule has 0 saturated heterocycles. The second kappa shape index (κ2) is 12.2. The summed E-state index contributed by atoms with van der Waals surface area (Å²) in [6, 6.07) is 7.02. The number of carbonyl (C=O) groups is 2. The predicted octanol–water partition coefficient (Wildman–Crippen LogP) is 3.66. The molecule has 0 spiro atoms. The molecule has 0 aliphatic carbocycles. The van der Waals surface area contributed by atoms with Gasteiger partial charge in [-0.05, 0) is 50.5 Å². The number of nitrogens with zero attached hydrogens (tertiary/aromatic N) is 3. The number of nitriles is 1. The SMILES string of the molecule is Cc1nn(CCC#N)c(C)c1CCC(=O)NNC(=O)CCCOc1ccc(Cl)cc1Cl. The lowest BCUT2D eigenvalue weighted by molar-refractivity contribution is -0.129. The van der Waals surface area contributed by atoms with Gasteiger partial charge in [-0.25, -0.2) is 0 Å². The summed E-state index contributed by atoms with van der Waals surface area (Å²) >= 11 is 11.8. The molecule has 0 bridgehead atoms. The van der Waals surface area contributed by atoms with Gasteiger partial charge in [0.05, 0.1) is 36.4 Å². The highest BCUT2D eigenvalue weighted by Crippen LogP contribution is 2.27. The maximum Gasteiger partial charge on any atom is 0.238 e. The smallest absolute Gasteiger partial charge is 0.238 e. The van der Waals surface area contributed by atoms with Crippen molar-refractivity contribution in [3.05, 3.63) is 45.2 Å². The van der Waals surface area contributed by atoms with Gasteiger partial charge in [0.15, 0.2) is 0 Å². The van der Waals surface area contributed by atoms with E-state index >= 15 is 0 Å². The Balaban J connectivity index is 1.66. The number of carbonyl (C=O) groups excluding carboxylic acids is 2. The molecule has 2 N–H and O–H groups in total. The van der Waals surface area contributed by atoms with E-state index < -0.39 is 0 Å². The summed E-state index contributed by atoms with van der Waals surface area (Å²) < 4.78 is 7.31. The second-order valence-electron chi connectivity index (χ2n) is 6.90. The first-order valence-electron chi connectivity index (χ1n) is 9.87. The molecule has 166 valence electrons. The molecule has 0 unspecified atom stereocenters. The van der Waals surface area contributed by atoms with Gasteiger partial charge in [0.2, 0.25) is 11.8 Å². The Labute approximate surface area is 191 Å². The van der Waals surface area contributed by atoms with E-state index in [4.69, 9.17) is 33.2 Å². The number of hydrazine groups is 1. The van der Waals surface area contributed by atoms with Gasteiger partial charge in [-0.1, -0.05) is 23.2 Å². The maximum absolute atomic E-state index is 12.1. The Bertz CT molecular complexity index is 969. The number of hydrogen-bond donors (Lipinski definition) is 2. The first-order valence-corrected chi connectivity index (χ1v) is 10.6. The van der Waals surface area contributed by atoms with Gasteiger partial charge >= 0.3 is 0 Å². The second-order valence-corrected chi connectivity index (χ2v) is 7.75. The average molecular weight is 466 g/mol. The topological polar surface area (TPSA) is 109 Å². The summed E-state index contributed by atoms with van der Waals surface area (Å²) in [7, 11) is 0. The van der Waals surface area contributed by atoms with Crippen LogP contribution < -0.4 is 15.6 Å². The van der Waals surface area contributed by atoms with Crippen LogP contribution in [0.5, 0.6) is 5.75 Å². The van der Waals surface area contributed by atoms with Gasteiger partial charge < -0.3 is 4.74 Å². The van der Waals surface area contributed by atoms with E-state index in [1.54, 1.807) is 22.9 Å². The van der Waals surface area contributed by atoms with Crippen LogP contribution in [0, 0.1) is 25.2 Å². The van der Waals surface area contributed by atoms with Crippen LogP contribution in [0.15, 0.2) is 18.2 Å². The van der Waals surface area contributed by atoms with Crippen molar-refractivity contribution < 1.29 is 14.3 Å². The van der Waals surface area contributed by atoms with Crippen LogP contribution in [-0.4, -0.2) is 28.2 Å². The molecule has 0 aliphatic rings. The van der Waals surface area contributed by atoms with E-state index in [2.05, 4.69) is 22.0 Å². The summed E-state index contributed by atoms with van der Waals surface area (Å²) in [5, 5.41) is 14.1. The zero-order chi connectivity index (χ0) is 22.8. The monoisotopic (exact) mass is 465 g/mol. The van der Waals surface area contributed by atoms with E-state index in [1.807, 2.05) is 13.8 Å². The first-order chi connectivity index (χ1) is 14.8. The Morgan fingerprint density at radius 3 is 2.58 bits per heavy atom. The molecule has 2 aromatic rings. The number of halogens is 2. The Hall–Kier alpha value is -2.76. The molecule has 0 atom stereocenters. The lowest BCUT2D eigenvalue weighted by Gasteiger charge is -2.09. The Kier molecular flexibility index (Phi) is 9.63. The molecule has 0 saturated carbocycles. The van der Waals surface area contributed by atoms with E-state index in [1.165, 1.54) is 0 Å². The normalized spacial score (nSPS) is 10.4. The molecule has 31 heavy (non-hydrogen) atoms. The van der Waals surface area contributed by atoms with Gasteiger partial charge in [0, 0.05) is 23.6 Å². The molecule has 1 aromatic heterocycles.